The lowest BCUT2D eigenvalue weighted by Gasteiger charge is -2.37. The molecule has 7 heteroatoms. The minimum Gasteiger partial charge on any atom is -0.376 e. The second-order valence-corrected chi connectivity index (χ2v) is 5.34. The summed E-state index contributed by atoms with van der Waals surface area (Å²) in [5.41, 5.74) is 0. The van der Waals surface area contributed by atoms with Crippen LogP contribution >= 0.6 is 0 Å². The van der Waals surface area contributed by atoms with Gasteiger partial charge in [-0.2, -0.15) is 4.98 Å². The Bertz CT molecular complexity index is 437. The van der Waals surface area contributed by atoms with Gasteiger partial charge >= 0.3 is 0 Å². The molecule has 1 aliphatic heterocycles. The zero-order valence-corrected chi connectivity index (χ0v) is 12.9. The standard InChI is InChI=1S/C14H24N4O3/c1-4-11-8-18(6-7-20-11)12(5-2)14(19)16-10(3)13-15-9-21-17-13/h9-12H,4-8H2,1-3H3,(H,16,19)/t10-,11+,12-/m0/s1. The third kappa shape index (κ3) is 4.01. The van der Waals surface area contributed by atoms with Crippen molar-refractivity contribution in [3.63, 3.8) is 0 Å². The van der Waals surface area contributed by atoms with E-state index in [0.717, 1.165) is 25.9 Å². The summed E-state index contributed by atoms with van der Waals surface area (Å²) in [5.74, 6) is 0.498. The van der Waals surface area contributed by atoms with Crippen LogP contribution in [0.3, 0.4) is 0 Å². The van der Waals surface area contributed by atoms with Crippen molar-refractivity contribution >= 4 is 5.91 Å². The van der Waals surface area contributed by atoms with Crippen LogP contribution in [-0.2, 0) is 9.53 Å². The van der Waals surface area contributed by atoms with Crippen LogP contribution in [0.25, 0.3) is 0 Å². The van der Waals surface area contributed by atoms with Crippen LogP contribution < -0.4 is 5.32 Å². The molecule has 0 aromatic carbocycles. The van der Waals surface area contributed by atoms with Crippen molar-refractivity contribution in [1.29, 1.82) is 0 Å². The molecule has 1 fully saturated rings. The first-order valence-corrected chi connectivity index (χ1v) is 7.58. The van der Waals surface area contributed by atoms with E-state index in [1.54, 1.807) is 0 Å². The highest BCUT2D eigenvalue weighted by atomic mass is 16.5. The van der Waals surface area contributed by atoms with Crippen molar-refractivity contribution in [1.82, 2.24) is 20.4 Å². The van der Waals surface area contributed by atoms with Gasteiger partial charge in [-0.25, -0.2) is 0 Å². The molecule has 1 aliphatic rings. The highest BCUT2D eigenvalue weighted by Gasteiger charge is 2.30. The summed E-state index contributed by atoms with van der Waals surface area (Å²) >= 11 is 0. The molecule has 7 nitrogen and oxygen atoms in total. The SMILES string of the molecule is CC[C@@H]1CN([C@@H](CC)C(=O)N[C@@H](C)c2ncon2)CCO1. The molecule has 1 aromatic rings. The van der Waals surface area contributed by atoms with Gasteiger partial charge in [0, 0.05) is 13.1 Å². The summed E-state index contributed by atoms with van der Waals surface area (Å²) in [6.45, 7) is 8.26. The molecule has 1 saturated heterocycles. The summed E-state index contributed by atoms with van der Waals surface area (Å²) < 4.78 is 10.4. The Labute approximate surface area is 125 Å². The van der Waals surface area contributed by atoms with E-state index in [0.29, 0.717) is 12.4 Å². The normalized spacial score (nSPS) is 22.7. The van der Waals surface area contributed by atoms with E-state index in [4.69, 9.17) is 9.26 Å². The molecule has 0 unspecified atom stereocenters. The minimum atomic E-state index is -0.256. The molecule has 0 bridgehead atoms. The second-order valence-electron chi connectivity index (χ2n) is 5.34. The van der Waals surface area contributed by atoms with E-state index < -0.39 is 0 Å². The fourth-order valence-electron chi connectivity index (χ4n) is 2.63. The minimum absolute atomic E-state index is 0.00607. The van der Waals surface area contributed by atoms with Gasteiger partial charge in [0.15, 0.2) is 5.82 Å². The van der Waals surface area contributed by atoms with Gasteiger partial charge in [-0.15, -0.1) is 0 Å². The lowest BCUT2D eigenvalue weighted by atomic mass is 10.1. The number of nitrogens with one attached hydrogen (secondary N) is 1. The Kier molecular flexibility index (Phi) is 5.69. The average molecular weight is 296 g/mol. The first kappa shape index (κ1) is 15.9. The highest BCUT2D eigenvalue weighted by Crippen LogP contribution is 2.15. The molecule has 118 valence electrons. The third-order valence-electron chi connectivity index (χ3n) is 3.88. The number of morpholine rings is 1. The van der Waals surface area contributed by atoms with Crippen molar-refractivity contribution in [3.8, 4) is 0 Å². The molecule has 0 aliphatic carbocycles. The van der Waals surface area contributed by atoms with Gasteiger partial charge in [0.05, 0.1) is 24.8 Å². The van der Waals surface area contributed by atoms with E-state index >= 15 is 0 Å². The Morgan fingerprint density at radius 2 is 2.38 bits per heavy atom. The molecule has 3 atom stereocenters. The average Bonchev–Trinajstić information content (AvgIpc) is 3.02. The molecule has 1 amide bonds. The van der Waals surface area contributed by atoms with Crippen LogP contribution in [-0.4, -0.2) is 52.8 Å². The number of hydrogen-bond donors (Lipinski definition) is 1. The maximum Gasteiger partial charge on any atom is 0.237 e. The van der Waals surface area contributed by atoms with E-state index in [1.807, 2.05) is 13.8 Å². The van der Waals surface area contributed by atoms with Gasteiger partial charge in [0.25, 0.3) is 0 Å². The molecule has 2 rings (SSSR count). The van der Waals surface area contributed by atoms with Gasteiger partial charge in [0.2, 0.25) is 12.3 Å². The maximum absolute atomic E-state index is 12.5. The summed E-state index contributed by atoms with van der Waals surface area (Å²) in [4.78, 5) is 18.7. The number of ether oxygens (including phenoxy) is 1. The number of hydrogen-bond acceptors (Lipinski definition) is 6. The van der Waals surface area contributed by atoms with Gasteiger partial charge in [-0.1, -0.05) is 19.0 Å². The number of aromatic nitrogens is 2. The Hall–Kier alpha value is -1.47. The first-order chi connectivity index (χ1) is 10.2. The summed E-state index contributed by atoms with van der Waals surface area (Å²) in [6.07, 6.45) is 3.22. The summed E-state index contributed by atoms with van der Waals surface area (Å²) in [6, 6.07) is -0.398. The van der Waals surface area contributed by atoms with Crippen LogP contribution in [0.4, 0.5) is 0 Å². The molecule has 0 spiro atoms. The first-order valence-electron chi connectivity index (χ1n) is 7.58. The smallest absolute Gasteiger partial charge is 0.237 e. The maximum atomic E-state index is 12.5. The summed E-state index contributed by atoms with van der Waals surface area (Å²) in [7, 11) is 0. The summed E-state index contributed by atoms with van der Waals surface area (Å²) in [5, 5.41) is 6.71. The van der Waals surface area contributed by atoms with E-state index in [-0.39, 0.29) is 24.1 Å². The van der Waals surface area contributed by atoms with Crippen molar-refractivity contribution in [2.45, 2.75) is 51.8 Å². The monoisotopic (exact) mass is 296 g/mol. The van der Waals surface area contributed by atoms with Gasteiger partial charge in [-0.05, 0) is 19.8 Å². The fourth-order valence-corrected chi connectivity index (χ4v) is 2.63. The van der Waals surface area contributed by atoms with Crippen molar-refractivity contribution < 1.29 is 14.1 Å². The molecule has 1 aromatic heterocycles. The Morgan fingerprint density at radius 1 is 1.57 bits per heavy atom. The molecule has 0 radical (unpaired) electrons. The molecule has 1 N–H and O–H groups in total. The molecule has 0 saturated carbocycles. The highest BCUT2D eigenvalue weighted by molar-refractivity contribution is 5.82. The van der Waals surface area contributed by atoms with E-state index in [1.165, 1.54) is 6.39 Å². The predicted octanol–water partition coefficient (Wildman–Crippen LogP) is 1.14. The molecular weight excluding hydrogens is 272 g/mol. The number of nitrogens with zero attached hydrogens (tertiary/aromatic N) is 3. The lowest BCUT2D eigenvalue weighted by molar-refractivity contribution is -0.131. The van der Waals surface area contributed by atoms with Gasteiger partial charge in [-0.3, -0.25) is 9.69 Å². The number of rotatable bonds is 6. The Balaban J connectivity index is 1.94. The second kappa shape index (κ2) is 7.51. The van der Waals surface area contributed by atoms with E-state index in [2.05, 4.69) is 27.3 Å². The van der Waals surface area contributed by atoms with Crippen molar-refractivity contribution in [2.24, 2.45) is 0 Å². The van der Waals surface area contributed by atoms with Crippen molar-refractivity contribution in [2.75, 3.05) is 19.7 Å². The van der Waals surface area contributed by atoms with Crippen LogP contribution in [0.2, 0.25) is 0 Å². The zero-order chi connectivity index (χ0) is 15.2. The lowest BCUT2D eigenvalue weighted by Crippen LogP contribution is -2.53. The molecular formula is C14H24N4O3. The topological polar surface area (TPSA) is 80.5 Å². The van der Waals surface area contributed by atoms with Crippen LogP contribution in [0.5, 0.6) is 0 Å². The third-order valence-corrected chi connectivity index (χ3v) is 3.88. The largest absolute Gasteiger partial charge is 0.376 e. The Morgan fingerprint density at radius 3 is 3.00 bits per heavy atom. The zero-order valence-electron chi connectivity index (χ0n) is 12.9. The predicted molar refractivity (Wildman–Crippen MR) is 76.5 cm³/mol. The number of carbonyl (C=O) groups excluding carboxylic acids is 1. The molecule has 2 heterocycles. The van der Waals surface area contributed by atoms with Crippen LogP contribution in [0.1, 0.15) is 45.5 Å². The van der Waals surface area contributed by atoms with E-state index in [9.17, 15) is 4.79 Å². The molecule has 21 heavy (non-hydrogen) atoms. The quantitative estimate of drug-likeness (QED) is 0.848. The van der Waals surface area contributed by atoms with Gasteiger partial charge < -0.3 is 14.6 Å². The van der Waals surface area contributed by atoms with Crippen LogP contribution in [0, 0.1) is 0 Å². The fraction of sp³-hybridized carbons (Fsp3) is 0.786. The van der Waals surface area contributed by atoms with Crippen LogP contribution in [0.15, 0.2) is 10.9 Å². The van der Waals surface area contributed by atoms with Gasteiger partial charge in [0.1, 0.15) is 0 Å². The number of carbonyl (C=O) groups is 1. The van der Waals surface area contributed by atoms with Crippen molar-refractivity contribution in [3.05, 3.63) is 12.2 Å². The number of amides is 1.